The van der Waals surface area contributed by atoms with Gasteiger partial charge in [0.05, 0.1) is 35.6 Å². The predicted molar refractivity (Wildman–Crippen MR) is 110 cm³/mol. The van der Waals surface area contributed by atoms with E-state index in [1.165, 1.54) is 23.9 Å². The number of methoxy groups -OCH3 is 1. The van der Waals surface area contributed by atoms with E-state index >= 15 is 0 Å². The second-order valence-corrected chi connectivity index (χ2v) is 7.42. The summed E-state index contributed by atoms with van der Waals surface area (Å²) in [5.41, 5.74) is 5.16. The van der Waals surface area contributed by atoms with E-state index in [2.05, 4.69) is 40.1 Å². The van der Waals surface area contributed by atoms with Gasteiger partial charge in [-0.2, -0.15) is 5.10 Å². The highest BCUT2D eigenvalue weighted by molar-refractivity contribution is 5.97. The molecule has 1 N–H and O–H groups in total. The molecular weight excluding hydrogens is 371 g/mol. The van der Waals surface area contributed by atoms with Crippen LogP contribution in [0.2, 0.25) is 0 Å². The second kappa shape index (κ2) is 6.34. The van der Waals surface area contributed by atoms with Crippen molar-refractivity contribution < 1.29 is 13.9 Å². The lowest BCUT2D eigenvalue weighted by Crippen LogP contribution is -2.23. The highest BCUT2D eigenvalue weighted by Gasteiger charge is 2.27. The Balaban J connectivity index is 1.80. The summed E-state index contributed by atoms with van der Waals surface area (Å²) in [7, 11) is 1.28. The van der Waals surface area contributed by atoms with Crippen molar-refractivity contribution in [3.8, 4) is 11.4 Å². The third-order valence-electron chi connectivity index (χ3n) is 5.81. The highest BCUT2D eigenvalue weighted by Crippen LogP contribution is 2.40. The van der Waals surface area contributed by atoms with E-state index in [1.54, 1.807) is 0 Å². The number of carbonyl (C=O) groups is 1. The number of nitrogens with one attached hydrogen (secondary N) is 1. The fourth-order valence-electron chi connectivity index (χ4n) is 4.38. The fourth-order valence-corrected chi connectivity index (χ4v) is 4.38. The molecule has 1 unspecified atom stereocenters. The number of anilines is 1. The van der Waals surface area contributed by atoms with Crippen molar-refractivity contribution >= 4 is 28.1 Å². The molecule has 0 amide bonds. The van der Waals surface area contributed by atoms with E-state index in [0.717, 1.165) is 40.8 Å². The van der Waals surface area contributed by atoms with Crippen LogP contribution in [0.15, 0.2) is 36.5 Å². The summed E-state index contributed by atoms with van der Waals surface area (Å²) in [4.78, 5) is 11.9. The minimum atomic E-state index is -0.592. The van der Waals surface area contributed by atoms with Crippen molar-refractivity contribution in [1.82, 2.24) is 14.2 Å². The summed E-state index contributed by atoms with van der Waals surface area (Å²) in [6, 6.07) is 9.78. The molecule has 0 fully saturated rings. The van der Waals surface area contributed by atoms with Crippen LogP contribution < -0.4 is 5.32 Å². The van der Waals surface area contributed by atoms with Crippen molar-refractivity contribution in [2.45, 2.75) is 26.3 Å². The molecule has 6 nitrogen and oxygen atoms in total. The second-order valence-electron chi connectivity index (χ2n) is 7.42. The topological polar surface area (TPSA) is 60.6 Å². The molecule has 0 spiro atoms. The average Bonchev–Trinajstić information content (AvgIpc) is 3.27. The molecule has 29 heavy (non-hydrogen) atoms. The number of aryl methyl sites for hydroxylation is 1. The van der Waals surface area contributed by atoms with Crippen LogP contribution in [-0.4, -0.2) is 33.8 Å². The fraction of sp³-hybridized carbons (Fsp3) is 0.273. The summed E-state index contributed by atoms with van der Waals surface area (Å²) < 4.78 is 23.3. The summed E-state index contributed by atoms with van der Waals surface area (Å²) in [5, 5.41) is 9.31. The molecule has 1 aromatic carbocycles. The van der Waals surface area contributed by atoms with E-state index in [0.29, 0.717) is 11.2 Å². The zero-order valence-corrected chi connectivity index (χ0v) is 16.5. The van der Waals surface area contributed by atoms with Gasteiger partial charge in [-0.05, 0) is 31.5 Å². The Labute approximate surface area is 166 Å². The van der Waals surface area contributed by atoms with Crippen LogP contribution in [0, 0.1) is 12.7 Å². The van der Waals surface area contributed by atoms with Crippen molar-refractivity contribution in [2.24, 2.45) is 0 Å². The zero-order valence-electron chi connectivity index (χ0n) is 16.5. The van der Waals surface area contributed by atoms with Gasteiger partial charge in [-0.1, -0.05) is 19.1 Å². The molecule has 0 aliphatic carbocycles. The number of pyridine rings is 1. The number of benzene rings is 1. The Morgan fingerprint density at radius 1 is 1.34 bits per heavy atom. The van der Waals surface area contributed by atoms with E-state index in [4.69, 9.17) is 4.74 Å². The van der Waals surface area contributed by atoms with E-state index in [1.807, 2.05) is 13.0 Å². The van der Waals surface area contributed by atoms with Gasteiger partial charge in [-0.25, -0.2) is 13.7 Å². The first kappa shape index (κ1) is 17.7. The number of halogens is 1. The first-order valence-electron chi connectivity index (χ1n) is 9.68. The number of fused-ring (bicyclic) bond motifs is 1. The van der Waals surface area contributed by atoms with Crippen molar-refractivity contribution in [3.63, 3.8) is 0 Å². The average molecular weight is 392 g/mol. The van der Waals surface area contributed by atoms with Crippen molar-refractivity contribution in [2.75, 3.05) is 19.0 Å². The number of rotatable bonds is 3. The lowest BCUT2D eigenvalue weighted by Gasteiger charge is -2.28. The number of aromatic nitrogens is 3. The van der Waals surface area contributed by atoms with Crippen LogP contribution in [0.5, 0.6) is 0 Å². The Bertz CT molecular complexity index is 1290. The van der Waals surface area contributed by atoms with Crippen LogP contribution >= 0.6 is 0 Å². The summed E-state index contributed by atoms with van der Waals surface area (Å²) in [5.74, 6) is -1.08. The number of para-hydroxylation sites is 1. The summed E-state index contributed by atoms with van der Waals surface area (Å²) in [6.07, 6.45) is 2.48. The molecule has 148 valence electrons. The smallest absolute Gasteiger partial charge is 0.339 e. The molecule has 1 aliphatic heterocycles. The predicted octanol–water partition coefficient (Wildman–Crippen LogP) is 4.57. The van der Waals surface area contributed by atoms with Gasteiger partial charge in [0.15, 0.2) is 0 Å². The number of hydrogen-bond acceptors (Lipinski definition) is 4. The molecule has 4 heterocycles. The monoisotopic (exact) mass is 392 g/mol. The van der Waals surface area contributed by atoms with E-state index in [9.17, 15) is 9.18 Å². The molecule has 3 aromatic heterocycles. The van der Waals surface area contributed by atoms with Crippen LogP contribution in [0.1, 0.15) is 35.3 Å². The van der Waals surface area contributed by atoms with Gasteiger partial charge in [0, 0.05) is 23.7 Å². The molecular formula is C22H21FN4O2. The van der Waals surface area contributed by atoms with Gasteiger partial charge in [0.2, 0.25) is 0 Å². The summed E-state index contributed by atoms with van der Waals surface area (Å²) in [6.45, 7) is 4.86. The minimum absolute atomic E-state index is 0.131. The lowest BCUT2D eigenvalue weighted by molar-refractivity contribution is 0.0599. The first-order chi connectivity index (χ1) is 14.0. The number of ether oxygens (including phenoxy) is 1. The largest absolute Gasteiger partial charge is 0.465 e. The van der Waals surface area contributed by atoms with Crippen molar-refractivity contribution in [1.29, 1.82) is 0 Å². The van der Waals surface area contributed by atoms with Gasteiger partial charge in [-0.3, -0.25) is 0 Å². The van der Waals surface area contributed by atoms with Gasteiger partial charge >= 0.3 is 5.97 Å². The van der Waals surface area contributed by atoms with Crippen LogP contribution in [-0.2, 0) is 4.74 Å². The standard InChI is InChI=1S/C22H21FN4O2/c1-4-15-10-24-17-7-5-6-13-9-18(27(15)21(13)17)19-12(2)20-16(23)8-14(22(28)29-3)11-26(20)25-19/h5-9,11,15,24H,4,10H2,1-3H3. The van der Waals surface area contributed by atoms with Crippen LogP contribution in [0.25, 0.3) is 27.8 Å². The SMILES string of the molecule is CCC1CNc2cccc3cc(-c4nn5cc(C(=O)OC)cc(F)c5c4C)n1c23. The number of nitrogens with zero attached hydrogens (tertiary/aromatic N) is 3. The van der Waals surface area contributed by atoms with Gasteiger partial charge in [0.1, 0.15) is 17.0 Å². The number of carbonyl (C=O) groups excluding carboxylic acids is 1. The van der Waals surface area contributed by atoms with Crippen LogP contribution in [0.4, 0.5) is 10.1 Å². The number of esters is 1. The molecule has 1 aliphatic rings. The molecule has 7 heteroatoms. The van der Waals surface area contributed by atoms with Gasteiger partial charge in [-0.15, -0.1) is 0 Å². The molecule has 0 radical (unpaired) electrons. The molecule has 0 saturated heterocycles. The Morgan fingerprint density at radius 2 is 2.17 bits per heavy atom. The quantitative estimate of drug-likeness (QED) is 0.519. The molecule has 1 atom stereocenters. The van der Waals surface area contributed by atoms with E-state index < -0.39 is 11.8 Å². The van der Waals surface area contributed by atoms with Crippen LogP contribution in [0.3, 0.4) is 0 Å². The van der Waals surface area contributed by atoms with Crippen molar-refractivity contribution in [3.05, 3.63) is 53.5 Å². The third-order valence-corrected chi connectivity index (χ3v) is 5.81. The molecule has 0 saturated carbocycles. The minimum Gasteiger partial charge on any atom is -0.465 e. The van der Waals surface area contributed by atoms with E-state index in [-0.39, 0.29) is 11.6 Å². The summed E-state index contributed by atoms with van der Waals surface area (Å²) >= 11 is 0. The van der Waals surface area contributed by atoms with Gasteiger partial charge in [0.25, 0.3) is 0 Å². The Morgan fingerprint density at radius 3 is 2.93 bits per heavy atom. The number of hydrogen-bond donors (Lipinski definition) is 1. The maximum Gasteiger partial charge on any atom is 0.339 e. The highest BCUT2D eigenvalue weighted by atomic mass is 19.1. The lowest BCUT2D eigenvalue weighted by atomic mass is 10.1. The molecule has 4 aromatic rings. The maximum absolute atomic E-state index is 14.9. The third kappa shape index (κ3) is 2.46. The van der Waals surface area contributed by atoms with Gasteiger partial charge < -0.3 is 14.6 Å². The normalized spacial score (nSPS) is 15.7. The first-order valence-corrected chi connectivity index (χ1v) is 9.68. The Kier molecular flexibility index (Phi) is 3.87. The Hall–Kier alpha value is -3.35. The molecule has 5 rings (SSSR count). The molecule has 0 bridgehead atoms. The zero-order chi connectivity index (χ0) is 20.3. The maximum atomic E-state index is 14.9.